The first kappa shape index (κ1) is 15.4. The first-order valence-corrected chi connectivity index (χ1v) is 8.26. The Hall–Kier alpha value is -0.960. The van der Waals surface area contributed by atoms with Gasteiger partial charge < -0.3 is 9.73 Å². The molecule has 2 N–H and O–H groups in total. The van der Waals surface area contributed by atoms with Gasteiger partial charge in [0.25, 0.3) is 10.2 Å². The number of piperidine rings is 1. The second kappa shape index (κ2) is 6.66. The van der Waals surface area contributed by atoms with Gasteiger partial charge in [-0.2, -0.15) is 17.4 Å². The molecule has 1 aromatic heterocycles. The van der Waals surface area contributed by atoms with Crippen molar-refractivity contribution in [2.24, 2.45) is 5.92 Å². The summed E-state index contributed by atoms with van der Waals surface area (Å²) in [6.07, 6.45) is 3.35. The first-order valence-electron chi connectivity index (χ1n) is 6.82. The average Bonchev–Trinajstić information content (AvgIpc) is 2.84. The average molecular weight is 302 g/mol. The largest absolute Gasteiger partial charge is 0.445 e. The van der Waals surface area contributed by atoms with Crippen molar-refractivity contribution >= 4 is 10.2 Å². The van der Waals surface area contributed by atoms with Crippen molar-refractivity contribution in [2.75, 3.05) is 26.7 Å². The lowest BCUT2D eigenvalue weighted by atomic mass is 9.98. The molecule has 0 aliphatic carbocycles. The Balaban J connectivity index is 1.85. The quantitative estimate of drug-likeness (QED) is 0.786. The number of aryl methyl sites for hydroxylation is 1. The molecule has 0 saturated carbocycles. The van der Waals surface area contributed by atoms with Gasteiger partial charge in [0.1, 0.15) is 5.76 Å². The van der Waals surface area contributed by atoms with E-state index in [4.69, 9.17) is 4.42 Å². The maximum Gasteiger partial charge on any atom is 0.279 e. The number of rotatable bonds is 6. The Morgan fingerprint density at radius 1 is 1.45 bits per heavy atom. The fourth-order valence-corrected chi connectivity index (χ4v) is 3.55. The Bertz CT molecular complexity index is 521. The SMILES string of the molecule is CNCC1CCN(S(=O)(=O)NCc2ncc(C)o2)CC1. The highest BCUT2D eigenvalue weighted by molar-refractivity contribution is 7.87. The fraction of sp³-hybridized carbons (Fsp3) is 0.750. The van der Waals surface area contributed by atoms with Gasteiger partial charge in [-0.3, -0.25) is 0 Å². The third kappa shape index (κ3) is 4.02. The van der Waals surface area contributed by atoms with E-state index in [-0.39, 0.29) is 6.54 Å². The van der Waals surface area contributed by atoms with Gasteiger partial charge in [-0.25, -0.2) is 4.98 Å². The van der Waals surface area contributed by atoms with Crippen LogP contribution in [0.2, 0.25) is 0 Å². The molecular weight excluding hydrogens is 280 g/mol. The van der Waals surface area contributed by atoms with Crippen LogP contribution in [0.15, 0.2) is 10.6 Å². The molecule has 1 fully saturated rings. The number of hydrogen-bond donors (Lipinski definition) is 2. The minimum Gasteiger partial charge on any atom is -0.445 e. The summed E-state index contributed by atoms with van der Waals surface area (Å²) in [6.45, 7) is 3.93. The molecule has 114 valence electrons. The van der Waals surface area contributed by atoms with Crippen molar-refractivity contribution in [3.63, 3.8) is 0 Å². The van der Waals surface area contributed by atoms with Crippen LogP contribution in [-0.2, 0) is 16.8 Å². The fourth-order valence-electron chi connectivity index (χ4n) is 2.37. The van der Waals surface area contributed by atoms with Crippen molar-refractivity contribution < 1.29 is 12.8 Å². The highest BCUT2D eigenvalue weighted by Crippen LogP contribution is 2.18. The van der Waals surface area contributed by atoms with Gasteiger partial charge >= 0.3 is 0 Å². The zero-order valence-corrected chi connectivity index (χ0v) is 12.7. The van der Waals surface area contributed by atoms with E-state index in [9.17, 15) is 8.42 Å². The van der Waals surface area contributed by atoms with E-state index in [1.807, 2.05) is 7.05 Å². The van der Waals surface area contributed by atoms with Crippen LogP contribution in [0.5, 0.6) is 0 Å². The normalized spacial score (nSPS) is 18.5. The molecule has 8 heteroatoms. The van der Waals surface area contributed by atoms with Gasteiger partial charge in [0.2, 0.25) is 5.89 Å². The van der Waals surface area contributed by atoms with E-state index >= 15 is 0 Å². The van der Waals surface area contributed by atoms with E-state index in [1.54, 1.807) is 13.1 Å². The molecule has 1 aromatic rings. The molecule has 20 heavy (non-hydrogen) atoms. The zero-order chi connectivity index (χ0) is 14.6. The third-order valence-corrected chi connectivity index (χ3v) is 5.04. The van der Waals surface area contributed by atoms with Crippen LogP contribution in [-0.4, -0.2) is 44.4 Å². The minimum atomic E-state index is -3.45. The lowest BCUT2D eigenvalue weighted by Crippen LogP contribution is -2.45. The van der Waals surface area contributed by atoms with Crippen LogP contribution in [0.25, 0.3) is 0 Å². The van der Waals surface area contributed by atoms with E-state index in [2.05, 4.69) is 15.0 Å². The smallest absolute Gasteiger partial charge is 0.279 e. The molecule has 0 amide bonds. The summed E-state index contributed by atoms with van der Waals surface area (Å²) < 4.78 is 33.6. The van der Waals surface area contributed by atoms with Crippen LogP contribution in [0.4, 0.5) is 0 Å². The summed E-state index contributed by atoms with van der Waals surface area (Å²) in [7, 11) is -1.53. The molecule has 0 bridgehead atoms. The molecule has 1 saturated heterocycles. The number of aromatic nitrogens is 1. The second-order valence-corrected chi connectivity index (χ2v) is 6.85. The van der Waals surface area contributed by atoms with Gasteiger partial charge in [0.15, 0.2) is 0 Å². The van der Waals surface area contributed by atoms with Crippen LogP contribution in [0, 0.1) is 12.8 Å². The summed E-state index contributed by atoms with van der Waals surface area (Å²) in [5.41, 5.74) is 0. The summed E-state index contributed by atoms with van der Waals surface area (Å²) >= 11 is 0. The van der Waals surface area contributed by atoms with Crippen molar-refractivity contribution in [3.05, 3.63) is 17.8 Å². The Morgan fingerprint density at radius 2 is 2.15 bits per heavy atom. The molecule has 1 aliphatic heterocycles. The predicted molar refractivity (Wildman–Crippen MR) is 75.2 cm³/mol. The molecular formula is C12H22N4O3S. The molecule has 0 atom stereocenters. The van der Waals surface area contributed by atoms with Crippen molar-refractivity contribution in [1.29, 1.82) is 0 Å². The molecule has 1 aliphatic rings. The van der Waals surface area contributed by atoms with Crippen molar-refractivity contribution in [3.8, 4) is 0 Å². The topological polar surface area (TPSA) is 87.5 Å². The van der Waals surface area contributed by atoms with Crippen molar-refractivity contribution in [1.82, 2.24) is 19.3 Å². The molecule has 0 unspecified atom stereocenters. The van der Waals surface area contributed by atoms with Gasteiger partial charge in [0, 0.05) is 13.1 Å². The number of nitrogens with one attached hydrogen (secondary N) is 2. The molecule has 0 spiro atoms. The van der Waals surface area contributed by atoms with E-state index in [0.717, 1.165) is 19.4 Å². The number of nitrogens with zero attached hydrogens (tertiary/aromatic N) is 2. The second-order valence-electron chi connectivity index (χ2n) is 5.09. The van der Waals surface area contributed by atoms with Gasteiger partial charge in [-0.15, -0.1) is 0 Å². The minimum absolute atomic E-state index is 0.0899. The van der Waals surface area contributed by atoms with Gasteiger partial charge in [-0.05, 0) is 39.3 Å². The summed E-state index contributed by atoms with van der Waals surface area (Å²) in [4.78, 5) is 3.98. The summed E-state index contributed by atoms with van der Waals surface area (Å²) in [5.74, 6) is 1.61. The highest BCUT2D eigenvalue weighted by atomic mass is 32.2. The molecule has 0 radical (unpaired) electrons. The monoisotopic (exact) mass is 302 g/mol. The lowest BCUT2D eigenvalue weighted by Gasteiger charge is -2.30. The molecule has 2 rings (SSSR count). The number of hydrogen-bond acceptors (Lipinski definition) is 5. The van der Waals surface area contributed by atoms with Crippen molar-refractivity contribution in [2.45, 2.75) is 26.3 Å². The van der Waals surface area contributed by atoms with E-state index < -0.39 is 10.2 Å². The predicted octanol–water partition coefficient (Wildman–Crippen LogP) is 0.249. The first-order chi connectivity index (χ1) is 9.51. The lowest BCUT2D eigenvalue weighted by molar-refractivity contribution is 0.267. The highest BCUT2D eigenvalue weighted by Gasteiger charge is 2.27. The van der Waals surface area contributed by atoms with E-state index in [0.29, 0.717) is 30.7 Å². The third-order valence-electron chi connectivity index (χ3n) is 3.48. The number of oxazole rings is 1. The Kier molecular flexibility index (Phi) is 5.14. The maximum atomic E-state index is 12.2. The molecule has 2 heterocycles. The Labute approximate surface area is 119 Å². The van der Waals surface area contributed by atoms with Gasteiger partial charge in [0.05, 0.1) is 12.7 Å². The van der Waals surface area contributed by atoms with Crippen LogP contribution >= 0.6 is 0 Å². The Morgan fingerprint density at radius 3 is 2.70 bits per heavy atom. The summed E-state index contributed by atoms with van der Waals surface area (Å²) in [6, 6.07) is 0. The maximum absolute atomic E-state index is 12.2. The standard InChI is InChI=1S/C12H22N4O3S/c1-10-7-14-12(19-10)9-15-20(17,18)16-5-3-11(4-6-16)8-13-2/h7,11,13,15H,3-6,8-9H2,1-2H3. The van der Waals surface area contributed by atoms with Crippen LogP contribution in [0.1, 0.15) is 24.5 Å². The van der Waals surface area contributed by atoms with E-state index in [1.165, 1.54) is 4.31 Å². The van der Waals surface area contributed by atoms with Gasteiger partial charge in [-0.1, -0.05) is 0 Å². The summed E-state index contributed by atoms with van der Waals surface area (Å²) in [5, 5.41) is 3.14. The molecule has 0 aromatic carbocycles. The van der Waals surface area contributed by atoms with Crippen LogP contribution < -0.4 is 10.0 Å². The molecule has 7 nitrogen and oxygen atoms in total. The van der Waals surface area contributed by atoms with Crippen LogP contribution in [0.3, 0.4) is 0 Å². The zero-order valence-electron chi connectivity index (χ0n) is 11.9.